The number of amides is 1. The van der Waals surface area contributed by atoms with Crippen LogP contribution in [0.1, 0.15) is 6.42 Å². The van der Waals surface area contributed by atoms with Gasteiger partial charge in [-0.05, 0) is 39.3 Å². The number of methoxy groups -OCH3 is 1. The van der Waals surface area contributed by atoms with E-state index in [0.29, 0.717) is 47.7 Å². The van der Waals surface area contributed by atoms with Gasteiger partial charge in [-0.25, -0.2) is 14.4 Å². The van der Waals surface area contributed by atoms with Gasteiger partial charge in [0.05, 0.1) is 29.4 Å². The molecule has 2 N–H and O–H groups in total. The fourth-order valence-corrected chi connectivity index (χ4v) is 4.36. The van der Waals surface area contributed by atoms with Crippen molar-refractivity contribution in [2.24, 2.45) is 0 Å². The summed E-state index contributed by atoms with van der Waals surface area (Å²) < 4.78 is 26.4. The maximum atomic E-state index is 14.5. The number of carbonyl (C=O) groups is 1. The number of anilines is 2. The van der Waals surface area contributed by atoms with Crippen LogP contribution in [0, 0.1) is 5.82 Å². The van der Waals surface area contributed by atoms with E-state index in [1.165, 1.54) is 12.4 Å². The fraction of sp³-hybridized carbons (Fsp3) is 0.400. The Labute approximate surface area is 214 Å². The zero-order chi connectivity index (χ0) is 25.8. The monoisotopic (exact) mass is 516 g/mol. The Bertz CT molecular complexity index is 1240. The summed E-state index contributed by atoms with van der Waals surface area (Å²) in [4.78, 5) is 25.3. The van der Waals surface area contributed by atoms with Crippen molar-refractivity contribution < 1.29 is 18.7 Å². The number of likely N-dealkylation sites (tertiary alicyclic amines) is 1. The van der Waals surface area contributed by atoms with E-state index in [-0.39, 0.29) is 28.8 Å². The van der Waals surface area contributed by atoms with Crippen LogP contribution in [-0.2, 0) is 4.79 Å². The second-order valence-corrected chi connectivity index (χ2v) is 9.40. The molecule has 1 amide bonds. The Morgan fingerprint density at radius 1 is 1.28 bits per heavy atom. The zero-order valence-corrected chi connectivity index (χ0v) is 21.5. The third-order valence-electron chi connectivity index (χ3n) is 6.09. The standard InChI is InChI=1S/C25H30ClFN6O3/c1-32(2)9-8-28-25(34)20-10-15(13-33(20)3)36-22-11-16-19(12-21(22)35-4)29-14-30-24(16)31-18-7-5-6-17(26)23(18)27/h5-7,11-12,14-15,20H,8-10,13H2,1-4H3,(H,28,34)(H,29,30,31)/t15-,20+/m1/s1. The van der Waals surface area contributed by atoms with Gasteiger partial charge in [0.25, 0.3) is 0 Å². The van der Waals surface area contributed by atoms with Gasteiger partial charge in [-0.15, -0.1) is 0 Å². The van der Waals surface area contributed by atoms with Crippen molar-refractivity contribution in [3.05, 3.63) is 47.5 Å². The lowest BCUT2D eigenvalue weighted by Gasteiger charge is -2.18. The molecule has 0 saturated carbocycles. The van der Waals surface area contributed by atoms with Gasteiger partial charge >= 0.3 is 0 Å². The first-order valence-electron chi connectivity index (χ1n) is 11.6. The van der Waals surface area contributed by atoms with Crippen LogP contribution in [0.25, 0.3) is 10.9 Å². The van der Waals surface area contributed by atoms with Gasteiger partial charge in [0, 0.05) is 37.5 Å². The van der Waals surface area contributed by atoms with Crippen molar-refractivity contribution in [1.82, 2.24) is 25.1 Å². The molecule has 0 aliphatic carbocycles. The summed E-state index contributed by atoms with van der Waals surface area (Å²) in [7, 11) is 7.39. The number of ether oxygens (including phenoxy) is 2. The molecule has 0 bridgehead atoms. The van der Waals surface area contributed by atoms with E-state index in [1.807, 2.05) is 30.9 Å². The molecule has 9 nitrogen and oxygen atoms in total. The smallest absolute Gasteiger partial charge is 0.237 e. The van der Waals surface area contributed by atoms with E-state index in [4.69, 9.17) is 21.1 Å². The summed E-state index contributed by atoms with van der Waals surface area (Å²) in [6.07, 6.45) is 1.70. The number of fused-ring (bicyclic) bond motifs is 1. The van der Waals surface area contributed by atoms with Crippen molar-refractivity contribution in [1.29, 1.82) is 0 Å². The minimum Gasteiger partial charge on any atom is -0.493 e. The molecule has 36 heavy (non-hydrogen) atoms. The highest BCUT2D eigenvalue weighted by atomic mass is 35.5. The molecule has 192 valence electrons. The first-order chi connectivity index (χ1) is 17.3. The predicted molar refractivity (Wildman–Crippen MR) is 138 cm³/mol. The molecule has 2 heterocycles. The van der Waals surface area contributed by atoms with E-state index in [0.717, 1.165) is 6.54 Å². The molecule has 4 rings (SSSR count). The lowest BCUT2D eigenvalue weighted by molar-refractivity contribution is -0.125. The maximum absolute atomic E-state index is 14.5. The number of halogens is 2. The van der Waals surface area contributed by atoms with Gasteiger partial charge in [-0.2, -0.15) is 0 Å². The highest BCUT2D eigenvalue weighted by Crippen LogP contribution is 2.37. The van der Waals surface area contributed by atoms with Gasteiger partial charge in [0.15, 0.2) is 17.3 Å². The number of carbonyl (C=O) groups excluding carboxylic acids is 1. The zero-order valence-electron chi connectivity index (χ0n) is 20.7. The Hall–Kier alpha value is -3.21. The highest BCUT2D eigenvalue weighted by molar-refractivity contribution is 6.31. The number of nitrogens with one attached hydrogen (secondary N) is 2. The Morgan fingerprint density at radius 2 is 2.08 bits per heavy atom. The number of nitrogens with zero attached hydrogens (tertiary/aromatic N) is 4. The Kier molecular flexibility index (Phi) is 8.07. The fourth-order valence-electron chi connectivity index (χ4n) is 4.19. The van der Waals surface area contributed by atoms with E-state index < -0.39 is 5.82 Å². The van der Waals surface area contributed by atoms with Crippen molar-refractivity contribution >= 4 is 39.9 Å². The molecular weight excluding hydrogens is 487 g/mol. The van der Waals surface area contributed by atoms with Crippen molar-refractivity contribution in [3.63, 3.8) is 0 Å². The topological polar surface area (TPSA) is 91.8 Å². The third kappa shape index (κ3) is 5.77. The average molecular weight is 517 g/mol. The van der Waals surface area contributed by atoms with E-state index in [1.54, 1.807) is 31.4 Å². The molecule has 1 fully saturated rings. The summed E-state index contributed by atoms with van der Waals surface area (Å²) in [6.45, 7) is 1.94. The van der Waals surface area contributed by atoms with Gasteiger partial charge in [0.1, 0.15) is 18.2 Å². The summed E-state index contributed by atoms with van der Waals surface area (Å²) in [6, 6.07) is 7.94. The number of aromatic nitrogens is 2. The van der Waals surface area contributed by atoms with Crippen LogP contribution >= 0.6 is 11.6 Å². The molecule has 2 aromatic carbocycles. The molecule has 0 unspecified atom stereocenters. The second kappa shape index (κ2) is 11.2. The van der Waals surface area contributed by atoms with Crippen LogP contribution in [0.4, 0.5) is 15.9 Å². The molecule has 0 spiro atoms. The lowest BCUT2D eigenvalue weighted by Crippen LogP contribution is -2.43. The molecule has 1 saturated heterocycles. The molecule has 3 aromatic rings. The Morgan fingerprint density at radius 3 is 2.83 bits per heavy atom. The molecule has 11 heteroatoms. The van der Waals surface area contributed by atoms with Crippen LogP contribution in [-0.4, -0.2) is 85.7 Å². The van der Waals surface area contributed by atoms with Crippen LogP contribution < -0.4 is 20.1 Å². The normalized spacial score (nSPS) is 18.0. The van der Waals surface area contributed by atoms with Crippen molar-refractivity contribution in [2.75, 3.05) is 53.2 Å². The average Bonchev–Trinajstić information content (AvgIpc) is 3.21. The molecule has 1 aliphatic heterocycles. The first-order valence-corrected chi connectivity index (χ1v) is 12.0. The largest absolute Gasteiger partial charge is 0.493 e. The third-order valence-corrected chi connectivity index (χ3v) is 6.38. The summed E-state index contributed by atoms with van der Waals surface area (Å²) >= 11 is 5.93. The Balaban J connectivity index is 1.55. The summed E-state index contributed by atoms with van der Waals surface area (Å²) in [5, 5.41) is 6.62. The first kappa shape index (κ1) is 25.9. The SMILES string of the molecule is COc1cc2ncnc(Nc3cccc(Cl)c3F)c2cc1O[C@@H]1C[C@@H](C(=O)NCCN(C)C)N(C)C1. The predicted octanol–water partition coefficient (Wildman–Crippen LogP) is 3.30. The van der Waals surface area contributed by atoms with Gasteiger partial charge < -0.3 is 25.0 Å². The van der Waals surface area contributed by atoms with E-state index in [9.17, 15) is 9.18 Å². The number of rotatable bonds is 9. The highest BCUT2D eigenvalue weighted by Gasteiger charge is 2.36. The quantitative estimate of drug-likeness (QED) is 0.447. The van der Waals surface area contributed by atoms with Crippen LogP contribution in [0.2, 0.25) is 5.02 Å². The lowest BCUT2D eigenvalue weighted by atomic mass is 10.1. The van der Waals surface area contributed by atoms with Gasteiger partial charge in [0.2, 0.25) is 5.91 Å². The maximum Gasteiger partial charge on any atom is 0.237 e. The number of likely N-dealkylation sites (N-methyl/N-ethyl adjacent to an activating group) is 2. The second-order valence-electron chi connectivity index (χ2n) is 8.99. The molecule has 1 aliphatic rings. The van der Waals surface area contributed by atoms with Gasteiger partial charge in [-0.1, -0.05) is 17.7 Å². The van der Waals surface area contributed by atoms with Crippen LogP contribution in [0.15, 0.2) is 36.7 Å². The molecular formula is C25H30ClFN6O3. The number of benzene rings is 2. The van der Waals surface area contributed by atoms with Gasteiger partial charge in [-0.3, -0.25) is 9.69 Å². The minimum atomic E-state index is -0.570. The molecule has 2 atom stereocenters. The summed E-state index contributed by atoms with van der Waals surface area (Å²) in [5.74, 6) is 0.804. The molecule has 1 aromatic heterocycles. The molecule has 0 radical (unpaired) electrons. The minimum absolute atomic E-state index is 0.00899. The number of hydrogen-bond donors (Lipinski definition) is 2. The van der Waals surface area contributed by atoms with Crippen molar-refractivity contribution in [2.45, 2.75) is 18.6 Å². The van der Waals surface area contributed by atoms with E-state index >= 15 is 0 Å². The van der Waals surface area contributed by atoms with Crippen LogP contribution in [0.5, 0.6) is 11.5 Å². The van der Waals surface area contributed by atoms with Crippen molar-refractivity contribution in [3.8, 4) is 11.5 Å². The van der Waals surface area contributed by atoms with Crippen LogP contribution in [0.3, 0.4) is 0 Å². The number of hydrogen-bond acceptors (Lipinski definition) is 8. The summed E-state index contributed by atoms with van der Waals surface area (Å²) in [5.41, 5.74) is 0.794. The van der Waals surface area contributed by atoms with E-state index in [2.05, 4.69) is 20.6 Å².